The molecule has 0 amide bonds. The van der Waals surface area contributed by atoms with Crippen molar-refractivity contribution in [3.8, 4) is 0 Å². The van der Waals surface area contributed by atoms with Crippen LogP contribution in [0.5, 0.6) is 0 Å². The van der Waals surface area contributed by atoms with Crippen LogP contribution in [0.3, 0.4) is 0 Å². The molecule has 0 aromatic rings. The first-order chi connectivity index (χ1) is 5.33. The maximum Gasteiger partial charge on any atom is 0.301 e. The topological polar surface area (TPSA) is 54.4 Å². The lowest BCUT2D eigenvalue weighted by Gasteiger charge is -1.94. The predicted octanol–water partition coefficient (Wildman–Crippen LogP) is 1.73. The lowest BCUT2D eigenvalue weighted by atomic mass is 10.3. The third kappa shape index (κ3) is 6.17. The van der Waals surface area contributed by atoms with Gasteiger partial charge in [0.25, 0.3) is 10.1 Å². The maximum atomic E-state index is 12.0. The molecule has 0 aromatic carbocycles. The number of rotatable bonds is 4. The molecule has 0 heterocycles. The third-order valence-electron chi connectivity index (χ3n) is 1.00. The zero-order valence-electron chi connectivity index (χ0n) is 5.93. The first-order valence-corrected chi connectivity index (χ1v) is 4.58. The summed E-state index contributed by atoms with van der Waals surface area (Å²) in [7, 11) is -4.18. The van der Waals surface area contributed by atoms with Gasteiger partial charge in [0.2, 0.25) is 0 Å². The lowest BCUT2D eigenvalue weighted by molar-refractivity contribution is 0.369. The van der Waals surface area contributed by atoms with Crippen LogP contribution in [0.4, 0.5) is 13.2 Å². The summed E-state index contributed by atoms with van der Waals surface area (Å²) in [6.45, 7) is 0. The van der Waals surface area contributed by atoms with Gasteiger partial charge in [-0.3, -0.25) is 4.55 Å². The van der Waals surface area contributed by atoms with Crippen LogP contribution in [0.2, 0.25) is 0 Å². The van der Waals surface area contributed by atoms with Crippen molar-refractivity contribution in [2.24, 2.45) is 0 Å². The molecule has 0 aliphatic heterocycles. The number of halogens is 3. The van der Waals surface area contributed by atoms with E-state index in [1.165, 1.54) is 0 Å². The molecule has 0 aliphatic rings. The second-order valence-electron chi connectivity index (χ2n) is 2.05. The largest absolute Gasteiger partial charge is 0.301 e. The normalized spacial score (nSPS) is 11.3. The molecule has 0 aliphatic carbocycles. The van der Waals surface area contributed by atoms with Crippen LogP contribution < -0.4 is 0 Å². The highest BCUT2D eigenvalue weighted by atomic mass is 32.2. The Morgan fingerprint density at radius 3 is 2.08 bits per heavy atom. The Balaban J connectivity index is 3.81. The molecule has 0 radical (unpaired) electrons. The monoisotopic (exact) mass is 204 g/mol. The molecule has 72 valence electrons. The minimum atomic E-state index is -4.18. The summed E-state index contributed by atoms with van der Waals surface area (Å²) in [6.07, 6.45) is -3.49. The summed E-state index contributed by atoms with van der Waals surface area (Å²) in [5, 5.41) is 0. The van der Waals surface area contributed by atoms with Crippen molar-refractivity contribution in [2.75, 3.05) is 5.75 Å². The van der Waals surface area contributed by atoms with E-state index in [-0.39, 0.29) is 6.42 Å². The van der Waals surface area contributed by atoms with Crippen LogP contribution in [0.1, 0.15) is 12.8 Å². The summed E-state index contributed by atoms with van der Waals surface area (Å²) >= 11 is 0. The molecule has 7 heteroatoms. The van der Waals surface area contributed by atoms with E-state index in [0.29, 0.717) is 0 Å². The Kier molecular flexibility index (Phi) is 4.25. The van der Waals surface area contributed by atoms with Gasteiger partial charge in [-0.25, -0.2) is 4.39 Å². The second-order valence-corrected chi connectivity index (χ2v) is 3.63. The number of allylic oxidation sites excluding steroid dienone is 1. The van der Waals surface area contributed by atoms with Crippen molar-refractivity contribution in [1.82, 2.24) is 0 Å². The van der Waals surface area contributed by atoms with E-state index in [9.17, 15) is 21.6 Å². The number of hydrogen-bond donors (Lipinski definition) is 1. The van der Waals surface area contributed by atoms with E-state index in [1.807, 2.05) is 0 Å². The van der Waals surface area contributed by atoms with Crippen molar-refractivity contribution in [1.29, 1.82) is 0 Å². The highest BCUT2D eigenvalue weighted by Crippen LogP contribution is 2.14. The summed E-state index contributed by atoms with van der Waals surface area (Å²) in [5.41, 5.74) is 0. The minimum Gasteiger partial charge on any atom is -0.286 e. The smallest absolute Gasteiger partial charge is 0.286 e. The average molecular weight is 204 g/mol. The van der Waals surface area contributed by atoms with Gasteiger partial charge in [0, 0.05) is 6.42 Å². The Labute approximate surface area is 67.6 Å². The average Bonchev–Trinajstić information content (AvgIpc) is 1.84. The summed E-state index contributed by atoms with van der Waals surface area (Å²) in [6, 6.07) is 0. The molecule has 0 rings (SSSR count). The Hall–Kier alpha value is -0.560. The molecule has 0 saturated carbocycles. The van der Waals surface area contributed by atoms with Crippen molar-refractivity contribution in [2.45, 2.75) is 12.8 Å². The van der Waals surface area contributed by atoms with Gasteiger partial charge in [-0.1, -0.05) is 0 Å². The zero-order valence-corrected chi connectivity index (χ0v) is 6.74. The van der Waals surface area contributed by atoms with Crippen molar-refractivity contribution in [3.05, 3.63) is 11.9 Å². The standard InChI is InChI=1S/C5H7F3O3S/c6-4(5(7)8)2-1-3-12(9,10)11/h1-3H2,(H,9,10,11). The second kappa shape index (κ2) is 4.46. The molecule has 0 fully saturated rings. The summed E-state index contributed by atoms with van der Waals surface area (Å²) < 4.78 is 62.8. The van der Waals surface area contributed by atoms with Crippen LogP contribution in [-0.2, 0) is 10.1 Å². The van der Waals surface area contributed by atoms with E-state index in [4.69, 9.17) is 4.55 Å². The van der Waals surface area contributed by atoms with Crippen LogP contribution >= 0.6 is 0 Å². The van der Waals surface area contributed by atoms with Gasteiger partial charge in [-0.2, -0.15) is 17.2 Å². The fourth-order valence-corrected chi connectivity index (χ4v) is 1.01. The van der Waals surface area contributed by atoms with Crippen LogP contribution in [-0.4, -0.2) is 18.7 Å². The van der Waals surface area contributed by atoms with Gasteiger partial charge in [-0.05, 0) is 6.42 Å². The van der Waals surface area contributed by atoms with Crippen LogP contribution in [0, 0.1) is 0 Å². The van der Waals surface area contributed by atoms with Crippen LogP contribution in [0.15, 0.2) is 11.9 Å². The molecule has 1 N–H and O–H groups in total. The summed E-state index contributed by atoms with van der Waals surface area (Å²) in [5.74, 6) is -2.35. The maximum absolute atomic E-state index is 12.0. The van der Waals surface area contributed by atoms with E-state index in [0.717, 1.165) is 0 Å². The van der Waals surface area contributed by atoms with Gasteiger partial charge in [0.05, 0.1) is 5.75 Å². The molecular weight excluding hydrogens is 197 g/mol. The Morgan fingerprint density at radius 1 is 1.25 bits per heavy atom. The Morgan fingerprint density at radius 2 is 1.75 bits per heavy atom. The van der Waals surface area contributed by atoms with Crippen molar-refractivity contribution >= 4 is 10.1 Å². The molecule has 0 atom stereocenters. The van der Waals surface area contributed by atoms with E-state index < -0.39 is 34.2 Å². The number of hydrogen-bond acceptors (Lipinski definition) is 2. The quantitative estimate of drug-likeness (QED) is 0.709. The zero-order chi connectivity index (χ0) is 9.78. The first-order valence-electron chi connectivity index (χ1n) is 2.98. The minimum absolute atomic E-state index is 0.359. The molecule has 0 saturated heterocycles. The predicted molar refractivity (Wildman–Crippen MR) is 36.0 cm³/mol. The van der Waals surface area contributed by atoms with Gasteiger partial charge in [0.15, 0.2) is 5.83 Å². The fraction of sp³-hybridized carbons (Fsp3) is 0.600. The molecule has 0 unspecified atom stereocenters. The highest BCUT2D eigenvalue weighted by molar-refractivity contribution is 7.85. The van der Waals surface area contributed by atoms with E-state index in [1.54, 1.807) is 0 Å². The molecule has 0 bridgehead atoms. The van der Waals surface area contributed by atoms with Gasteiger partial charge >= 0.3 is 6.08 Å². The SMILES string of the molecule is O=S(=O)(O)CCCC(F)=C(F)F. The van der Waals surface area contributed by atoms with Crippen molar-refractivity contribution < 1.29 is 26.1 Å². The van der Waals surface area contributed by atoms with Gasteiger partial charge in [0.1, 0.15) is 0 Å². The highest BCUT2D eigenvalue weighted by Gasteiger charge is 2.08. The van der Waals surface area contributed by atoms with E-state index >= 15 is 0 Å². The van der Waals surface area contributed by atoms with Crippen molar-refractivity contribution in [3.63, 3.8) is 0 Å². The summed E-state index contributed by atoms with van der Waals surface area (Å²) in [4.78, 5) is 0. The fourth-order valence-electron chi connectivity index (χ4n) is 0.504. The first kappa shape index (κ1) is 11.4. The van der Waals surface area contributed by atoms with E-state index in [2.05, 4.69) is 0 Å². The van der Waals surface area contributed by atoms with Crippen LogP contribution in [0.25, 0.3) is 0 Å². The molecule has 0 aromatic heterocycles. The third-order valence-corrected chi connectivity index (χ3v) is 1.81. The molecular formula is C5H7F3O3S. The van der Waals surface area contributed by atoms with Gasteiger partial charge in [-0.15, -0.1) is 0 Å². The molecule has 12 heavy (non-hydrogen) atoms. The Bertz CT molecular complexity index is 266. The molecule has 3 nitrogen and oxygen atoms in total. The molecule has 0 spiro atoms. The van der Waals surface area contributed by atoms with Gasteiger partial charge < -0.3 is 0 Å². The lowest BCUT2D eigenvalue weighted by Crippen LogP contribution is -2.03.